The highest BCUT2D eigenvalue weighted by atomic mass is 35.5. The second-order valence-electron chi connectivity index (χ2n) is 4.60. The van der Waals surface area contributed by atoms with Crippen LogP contribution in [0.2, 0.25) is 10.2 Å². The van der Waals surface area contributed by atoms with E-state index in [2.05, 4.69) is 10.3 Å². The van der Waals surface area contributed by atoms with Crippen LogP contribution in [0.1, 0.15) is 17.3 Å². The third-order valence-electron chi connectivity index (χ3n) is 3.23. The van der Waals surface area contributed by atoms with E-state index < -0.39 is 0 Å². The van der Waals surface area contributed by atoms with Gasteiger partial charge in [-0.3, -0.25) is 4.79 Å². The van der Waals surface area contributed by atoms with Crippen molar-refractivity contribution in [2.24, 2.45) is 0 Å². The van der Waals surface area contributed by atoms with Crippen LogP contribution in [0.3, 0.4) is 0 Å². The third kappa shape index (κ3) is 3.77. The van der Waals surface area contributed by atoms with Crippen molar-refractivity contribution >= 4 is 35.1 Å². The quantitative estimate of drug-likeness (QED) is 0.842. The average molecular weight is 331 g/mol. The fourth-order valence-corrected chi connectivity index (χ4v) is 2.47. The van der Waals surface area contributed by atoms with Gasteiger partial charge >= 0.3 is 6.03 Å². The predicted octanol–water partition coefficient (Wildman–Crippen LogP) is 1.88. The van der Waals surface area contributed by atoms with Gasteiger partial charge in [-0.05, 0) is 13.0 Å². The van der Waals surface area contributed by atoms with Crippen LogP contribution in [0.25, 0.3) is 0 Å². The monoisotopic (exact) mass is 330 g/mol. The molecular weight excluding hydrogens is 315 g/mol. The Bertz CT molecular complexity index is 545. The number of carbonyl (C=O) groups excluding carboxylic acids is 2. The van der Waals surface area contributed by atoms with Crippen molar-refractivity contribution in [3.8, 4) is 0 Å². The summed E-state index contributed by atoms with van der Waals surface area (Å²) in [6.45, 7) is 4.37. The lowest BCUT2D eigenvalue weighted by atomic mass is 10.2. The number of nitrogens with one attached hydrogen (secondary N) is 1. The minimum absolute atomic E-state index is 0.102. The zero-order chi connectivity index (χ0) is 15.4. The standard InChI is InChI=1S/C13H16Cl2N4O2/c1-2-16-13(21)19-5-3-18(4-6-19)12(20)9-7-11(15)17-8-10(9)14/h7-8H,2-6H2,1H3,(H,16,21). The van der Waals surface area contributed by atoms with Crippen LogP contribution >= 0.6 is 23.2 Å². The summed E-state index contributed by atoms with van der Waals surface area (Å²) in [6, 6.07) is 1.36. The number of halogens is 2. The molecule has 1 aliphatic rings. The summed E-state index contributed by atoms with van der Waals surface area (Å²) in [5, 5.41) is 3.24. The van der Waals surface area contributed by atoms with Crippen LogP contribution < -0.4 is 5.32 Å². The Morgan fingerprint density at radius 3 is 2.48 bits per heavy atom. The van der Waals surface area contributed by atoms with Crippen molar-refractivity contribution in [2.75, 3.05) is 32.7 Å². The van der Waals surface area contributed by atoms with Crippen molar-refractivity contribution in [3.05, 3.63) is 28.0 Å². The number of aromatic nitrogens is 1. The van der Waals surface area contributed by atoms with E-state index in [4.69, 9.17) is 23.2 Å². The van der Waals surface area contributed by atoms with Crippen LogP contribution in [0.5, 0.6) is 0 Å². The van der Waals surface area contributed by atoms with E-state index >= 15 is 0 Å². The SMILES string of the molecule is CCNC(=O)N1CCN(C(=O)c2cc(Cl)ncc2Cl)CC1. The molecule has 0 aromatic carbocycles. The molecule has 0 bridgehead atoms. The summed E-state index contributed by atoms with van der Waals surface area (Å²) < 4.78 is 0. The zero-order valence-electron chi connectivity index (χ0n) is 11.6. The highest BCUT2D eigenvalue weighted by Gasteiger charge is 2.25. The summed E-state index contributed by atoms with van der Waals surface area (Å²) in [4.78, 5) is 31.3. The molecule has 8 heteroatoms. The number of urea groups is 1. The van der Waals surface area contributed by atoms with Crippen LogP contribution in [-0.4, -0.2) is 59.4 Å². The van der Waals surface area contributed by atoms with Gasteiger partial charge in [0, 0.05) is 38.9 Å². The molecule has 21 heavy (non-hydrogen) atoms. The molecule has 114 valence electrons. The van der Waals surface area contributed by atoms with Gasteiger partial charge in [0.15, 0.2) is 0 Å². The third-order valence-corrected chi connectivity index (χ3v) is 3.74. The molecule has 1 N–H and O–H groups in total. The summed E-state index contributed by atoms with van der Waals surface area (Å²) in [7, 11) is 0. The number of hydrogen-bond donors (Lipinski definition) is 1. The molecule has 1 aliphatic heterocycles. The molecule has 1 fully saturated rings. The summed E-state index contributed by atoms with van der Waals surface area (Å²) in [6.07, 6.45) is 1.36. The summed E-state index contributed by atoms with van der Waals surface area (Å²) >= 11 is 11.8. The van der Waals surface area contributed by atoms with Gasteiger partial charge in [0.1, 0.15) is 5.15 Å². The Morgan fingerprint density at radius 1 is 1.24 bits per heavy atom. The highest BCUT2D eigenvalue weighted by Crippen LogP contribution is 2.20. The first-order chi connectivity index (χ1) is 10.0. The Labute approximate surface area is 133 Å². The molecule has 1 aromatic heterocycles. The Hall–Kier alpha value is -1.53. The van der Waals surface area contributed by atoms with Crippen molar-refractivity contribution in [1.29, 1.82) is 0 Å². The Morgan fingerprint density at radius 2 is 1.86 bits per heavy atom. The minimum atomic E-state index is -0.195. The Kier molecular flexibility index (Phi) is 5.25. The van der Waals surface area contributed by atoms with Crippen molar-refractivity contribution < 1.29 is 9.59 Å². The molecule has 6 nitrogen and oxygen atoms in total. The number of piperazine rings is 1. The molecule has 2 rings (SSSR count). The number of pyridine rings is 1. The normalized spacial score (nSPS) is 15.0. The maximum Gasteiger partial charge on any atom is 0.317 e. The largest absolute Gasteiger partial charge is 0.338 e. The molecular formula is C13H16Cl2N4O2. The Balaban J connectivity index is 2.00. The zero-order valence-corrected chi connectivity index (χ0v) is 13.1. The van der Waals surface area contributed by atoms with Gasteiger partial charge in [0.2, 0.25) is 0 Å². The molecule has 1 aromatic rings. The lowest BCUT2D eigenvalue weighted by Gasteiger charge is -2.34. The molecule has 0 aliphatic carbocycles. The van der Waals surface area contributed by atoms with E-state index in [1.165, 1.54) is 12.3 Å². The van der Waals surface area contributed by atoms with E-state index in [0.717, 1.165) is 0 Å². The number of amides is 3. The van der Waals surface area contributed by atoms with Crippen LogP contribution in [0.4, 0.5) is 4.79 Å². The number of rotatable bonds is 2. The molecule has 2 heterocycles. The van der Waals surface area contributed by atoms with E-state index in [-0.39, 0.29) is 22.1 Å². The second kappa shape index (κ2) is 6.95. The maximum atomic E-state index is 12.4. The fourth-order valence-electron chi connectivity index (χ4n) is 2.12. The van der Waals surface area contributed by atoms with Gasteiger partial charge < -0.3 is 15.1 Å². The highest BCUT2D eigenvalue weighted by molar-refractivity contribution is 6.35. The van der Waals surface area contributed by atoms with Crippen LogP contribution in [0.15, 0.2) is 12.3 Å². The van der Waals surface area contributed by atoms with Gasteiger partial charge in [0.05, 0.1) is 10.6 Å². The van der Waals surface area contributed by atoms with Crippen molar-refractivity contribution in [3.63, 3.8) is 0 Å². The van der Waals surface area contributed by atoms with Gasteiger partial charge in [0.25, 0.3) is 5.91 Å². The van der Waals surface area contributed by atoms with E-state index in [9.17, 15) is 9.59 Å². The van der Waals surface area contributed by atoms with Crippen molar-refractivity contribution in [1.82, 2.24) is 20.1 Å². The molecule has 1 saturated heterocycles. The van der Waals surface area contributed by atoms with Gasteiger partial charge in [-0.1, -0.05) is 23.2 Å². The predicted molar refractivity (Wildman–Crippen MR) is 80.8 cm³/mol. The topological polar surface area (TPSA) is 65.5 Å². The van der Waals surface area contributed by atoms with E-state index in [1.807, 2.05) is 6.92 Å². The second-order valence-corrected chi connectivity index (χ2v) is 5.40. The lowest BCUT2D eigenvalue weighted by Crippen LogP contribution is -2.53. The number of nitrogens with zero attached hydrogens (tertiary/aromatic N) is 3. The minimum Gasteiger partial charge on any atom is -0.338 e. The number of hydrogen-bond acceptors (Lipinski definition) is 3. The van der Waals surface area contributed by atoms with Gasteiger partial charge in [-0.15, -0.1) is 0 Å². The van der Waals surface area contributed by atoms with Gasteiger partial charge in [-0.25, -0.2) is 9.78 Å². The first-order valence-corrected chi connectivity index (χ1v) is 7.41. The van der Waals surface area contributed by atoms with Crippen LogP contribution in [0, 0.1) is 0 Å². The summed E-state index contributed by atoms with van der Waals surface area (Å²) in [5.74, 6) is -0.195. The molecule has 0 spiro atoms. The first kappa shape index (κ1) is 15.9. The lowest BCUT2D eigenvalue weighted by molar-refractivity contribution is 0.0665. The molecule has 0 radical (unpaired) electrons. The molecule has 0 atom stereocenters. The van der Waals surface area contributed by atoms with E-state index in [1.54, 1.807) is 9.80 Å². The number of carbonyl (C=O) groups is 2. The van der Waals surface area contributed by atoms with Crippen LogP contribution in [-0.2, 0) is 0 Å². The molecule has 0 saturated carbocycles. The molecule has 0 unspecified atom stereocenters. The van der Waals surface area contributed by atoms with E-state index in [0.29, 0.717) is 38.3 Å². The average Bonchev–Trinajstić information content (AvgIpc) is 2.49. The van der Waals surface area contributed by atoms with Gasteiger partial charge in [-0.2, -0.15) is 0 Å². The molecule has 3 amide bonds. The first-order valence-electron chi connectivity index (χ1n) is 6.66. The maximum absolute atomic E-state index is 12.4. The smallest absolute Gasteiger partial charge is 0.317 e. The van der Waals surface area contributed by atoms with Crippen molar-refractivity contribution in [2.45, 2.75) is 6.92 Å². The fraction of sp³-hybridized carbons (Fsp3) is 0.462. The summed E-state index contributed by atoms with van der Waals surface area (Å²) in [5.41, 5.74) is 0.336.